The highest BCUT2D eigenvalue weighted by Crippen LogP contribution is 1.91. The summed E-state index contributed by atoms with van der Waals surface area (Å²) in [5, 5.41) is 3.46. The molecule has 0 unspecified atom stereocenters. The molecule has 0 bridgehead atoms. The van der Waals surface area contributed by atoms with E-state index in [0.717, 1.165) is 32.6 Å². The predicted molar refractivity (Wildman–Crippen MR) is 67.5 cm³/mol. The van der Waals surface area contributed by atoms with Crippen LogP contribution in [0.2, 0.25) is 0 Å². The summed E-state index contributed by atoms with van der Waals surface area (Å²) in [5.41, 5.74) is 0. The molecular formula is C12H24N4. The lowest BCUT2D eigenvalue weighted by Crippen LogP contribution is -2.34. The highest BCUT2D eigenvalue weighted by Gasteiger charge is 2.00. The maximum Gasteiger partial charge on any atom is 0.0945 e. The Labute approximate surface area is 98.7 Å². The van der Waals surface area contributed by atoms with E-state index in [1.165, 1.54) is 0 Å². The number of aryl methyl sites for hydroxylation is 1. The van der Waals surface area contributed by atoms with Crippen molar-refractivity contribution in [2.75, 3.05) is 26.7 Å². The number of likely N-dealkylation sites (N-methyl/N-ethyl adjacent to an activating group) is 1. The Bertz CT molecular complexity index is 256. The molecule has 0 spiro atoms. The number of nitrogens with zero attached hydrogens (tertiary/aromatic N) is 3. The van der Waals surface area contributed by atoms with E-state index in [0.29, 0.717) is 6.04 Å². The third-order valence-corrected chi connectivity index (χ3v) is 2.85. The van der Waals surface area contributed by atoms with Crippen LogP contribution < -0.4 is 5.32 Å². The van der Waals surface area contributed by atoms with Crippen LogP contribution in [0.1, 0.15) is 20.3 Å². The van der Waals surface area contributed by atoms with Gasteiger partial charge in [-0.2, -0.15) is 0 Å². The molecule has 0 aliphatic carbocycles. The minimum absolute atomic E-state index is 0.632. The van der Waals surface area contributed by atoms with Crippen molar-refractivity contribution in [1.29, 1.82) is 0 Å². The molecule has 0 aromatic carbocycles. The van der Waals surface area contributed by atoms with Gasteiger partial charge < -0.3 is 14.8 Å². The van der Waals surface area contributed by atoms with Crippen LogP contribution >= 0.6 is 0 Å². The van der Waals surface area contributed by atoms with Crippen LogP contribution in [-0.2, 0) is 6.54 Å². The fraction of sp³-hybridized carbons (Fsp3) is 0.750. The average molecular weight is 224 g/mol. The lowest BCUT2D eigenvalue weighted by atomic mass is 10.3. The van der Waals surface area contributed by atoms with Gasteiger partial charge in [0.05, 0.1) is 6.33 Å². The topological polar surface area (TPSA) is 33.1 Å². The van der Waals surface area contributed by atoms with Crippen molar-refractivity contribution in [1.82, 2.24) is 19.8 Å². The van der Waals surface area contributed by atoms with Crippen molar-refractivity contribution in [2.24, 2.45) is 0 Å². The summed E-state index contributed by atoms with van der Waals surface area (Å²) in [6, 6.07) is 0.632. The van der Waals surface area contributed by atoms with Gasteiger partial charge in [-0.25, -0.2) is 4.98 Å². The normalized spacial score (nSPS) is 11.6. The summed E-state index contributed by atoms with van der Waals surface area (Å²) in [5.74, 6) is 0. The van der Waals surface area contributed by atoms with Gasteiger partial charge in [0, 0.05) is 38.1 Å². The van der Waals surface area contributed by atoms with E-state index in [1.807, 2.05) is 18.7 Å². The molecule has 0 aliphatic heterocycles. The molecule has 1 aromatic heterocycles. The molecule has 0 aliphatic rings. The first kappa shape index (κ1) is 13.2. The van der Waals surface area contributed by atoms with Crippen molar-refractivity contribution in [3.63, 3.8) is 0 Å². The molecule has 16 heavy (non-hydrogen) atoms. The third kappa shape index (κ3) is 5.28. The van der Waals surface area contributed by atoms with E-state index < -0.39 is 0 Å². The van der Waals surface area contributed by atoms with Crippen molar-refractivity contribution in [3.8, 4) is 0 Å². The Hall–Kier alpha value is -0.870. The van der Waals surface area contributed by atoms with Gasteiger partial charge in [0.1, 0.15) is 0 Å². The van der Waals surface area contributed by atoms with E-state index in [9.17, 15) is 0 Å². The van der Waals surface area contributed by atoms with Gasteiger partial charge in [-0.05, 0) is 33.9 Å². The standard InChI is InChI=1S/C12H24N4/c1-12(2)15(3)9-6-13-5-4-8-16-10-7-14-11-16/h7,10-13H,4-6,8-9H2,1-3H3. The number of hydrogen-bond donors (Lipinski definition) is 1. The van der Waals surface area contributed by atoms with Crippen LogP contribution in [0.15, 0.2) is 18.7 Å². The Morgan fingerprint density at radius 3 is 2.81 bits per heavy atom. The minimum Gasteiger partial charge on any atom is -0.337 e. The van der Waals surface area contributed by atoms with Gasteiger partial charge in [-0.15, -0.1) is 0 Å². The molecular weight excluding hydrogens is 200 g/mol. The zero-order valence-corrected chi connectivity index (χ0v) is 10.7. The Morgan fingerprint density at radius 1 is 1.38 bits per heavy atom. The highest BCUT2D eigenvalue weighted by molar-refractivity contribution is 4.73. The van der Waals surface area contributed by atoms with Crippen molar-refractivity contribution in [3.05, 3.63) is 18.7 Å². The van der Waals surface area contributed by atoms with Crippen LogP contribution in [0.25, 0.3) is 0 Å². The first-order chi connectivity index (χ1) is 7.70. The van der Waals surface area contributed by atoms with Gasteiger partial charge in [-0.1, -0.05) is 0 Å². The number of imidazole rings is 1. The molecule has 1 N–H and O–H groups in total. The van der Waals surface area contributed by atoms with E-state index >= 15 is 0 Å². The largest absolute Gasteiger partial charge is 0.337 e. The average Bonchev–Trinajstić information content (AvgIpc) is 2.75. The van der Waals surface area contributed by atoms with Gasteiger partial charge in [-0.3, -0.25) is 0 Å². The molecule has 1 rings (SSSR count). The maximum atomic E-state index is 4.02. The molecule has 4 nitrogen and oxygen atoms in total. The summed E-state index contributed by atoms with van der Waals surface area (Å²) in [6.45, 7) is 8.75. The summed E-state index contributed by atoms with van der Waals surface area (Å²) in [6.07, 6.45) is 6.85. The SMILES string of the molecule is CC(C)N(C)CCNCCCn1ccnc1. The first-order valence-electron chi connectivity index (χ1n) is 6.07. The number of hydrogen-bond acceptors (Lipinski definition) is 3. The van der Waals surface area contributed by atoms with Crippen LogP contribution in [0.3, 0.4) is 0 Å². The van der Waals surface area contributed by atoms with Crippen molar-refractivity contribution < 1.29 is 0 Å². The van der Waals surface area contributed by atoms with Gasteiger partial charge in [0.25, 0.3) is 0 Å². The second kappa shape index (κ2) is 7.41. The van der Waals surface area contributed by atoms with E-state index in [1.54, 1.807) is 0 Å². The number of aromatic nitrogens is 2. The molecule has 1 aromatic rings. The monoisotopic (exact) mass is 224 g/mol. The molecule has 4 heteroatoms. The molecule has 0 amide bonds. The van der Waals surface area contributed by atoms with E-state index in [-0.39, 0.29) is 0 Å². The van der Waals surface area contributed by atoms with Gasteiger partial charge in [0.15, 0.2) is 0 Å². The Morgan fingerprint density at radius 2 is 2.19 bits per heavy atom. The Kier molecular flexibility index (Phi) is 6.11. The second-order valence-electron chi connectivity index (χ2n) is 4.48. The molecule has 0 radical (unpaired) electrons. The lowest BCUT2D eigenvalue weighted by Gasteiger charge is -2.20. The zero-order chi connectivity index (χ0) is 11.8. The van der Waals surface area contributed by atoms with E-state index in [2.05, 4.69) is 40.7 Å². The summed E-state index contributed by atoms with van der Waals surface area (Å²) >= 11 is 0. The van der Waals surface area contributed by atoms with Crippen molar-refractivity contribution >= 4 is 0 Å². The first-order valence-corrected chi connectivity index (χ1v) is 6.07. The minimum atomic E-state index is 0.632. The number of nitrogens with one attached hydrogen (secondary N) is 1. The zero-order valence-electron chi connectivity index (χ0n) is 10.7. The van der Waals surface area contributed by atoms with Crippen LogP contribution in [0, 0.1) is 0 Å². The molecule has 0 fully saturated rings. The Balaban J connectivity index is 1.92. The summed E-state index contributed by atoms with van der Waals surface area (Å²) in [7, 11) is 2.16. The number of rotatable bonds is 8. The fourth-order valence-electron chi connectivity index (χ4n) is 1.44. The summed E-state index contributed by atoms with van der Waals surface area (Å²) < 4.78 is 2.11. The van der Waals surface area contributed by atoms with Gasteiger partial charge in [0.2, 0.25) is 0 Å². The smallest absolute Gasteiger partial charge is 0.0945 e. The van der Waals surface area contributed by atoms with Gasteiger partial charge >= 0.3 is 0 Å². The molecule has 0 atom stereocenters. The molecule has 0 saturated carbocycles. The van der Waals surface area contributed by atoms with E-state index in [4.69, 9.17) is 0 Å². The lowest BCUT2D eigenvalue weighted by molar-refractivity contribution is 0.273. The molecule has 92 valence electrons. The summed E-state index contributed by atoms with van der Waals surface area (Å²) in [4.78, 5) is 6.37. The van der Waals surface area contributed by atoms with Crippen molar-refractivity contribution in [2.45, 2.75) is 32.9 Å². The van der Waals surface area contributed by atoms with Crippen LogP contribution in [0.5, 0.6) is 0 Å². The molecule has 0 saturated heterocycles. The maximum absolute atomic E-state index is 4.02. The quantitative estimate of drug-likeness (QED) is 0.674. The second-order valence-corrected chi connectivity index (χ2v) is 4.48. The predicted octanol–water partition coefficient (Wildman–Crippen LogP) is 1.20. The van der Waals surface area contributed by atoms with Crippen LogP contribution in [-0.4, -0.2) is 47.2 Å². The fourth-order valence-corrected chi connectivity index (χ4v) is 1.44. The highest BCUT2D eigenvalue weighted by atomic mass is 15.1. The third-order valence-electron chi connectivity index (χ3n) is 2.85. The molecule has 1 heterocycles. The van der Waals surface area contributed by atoms with Crippen LogP contribution in [0.4, 0.5) is 0 Å².